The molecule has 1 aromatic carbocycles. The molecule has 0 aliphatic carbocycles. The van der Waals surface area contributed by atoms with E-state index in [1.54, 1.807) is 25.5 Å². The number of carbonyl (C=O) groups is 2. The maximum absolute atomic E-state index is 11.6. The average Bonchev–Trinajstić information content (AvgIpc) is 3.16. The van der Waals surface area contributed by atoms with Crippen molar-refractivity contribution in [2.75, 3.05) is 7.11 Å². The van der Waals surface area contributed by atoms with Crippen molar-refractivity contribution in [2.24, 2.45) is 4.99 Å². The number of fused-ring (bicyclic) bond motifs is 1. The van der Waals surface area contributed by atoms with Gasteiger partial charge in [-0.1, -0.05) is 0 Å². The summed E-state index contributed by atoms with van der Waals surface area (Å²) in [7, 11) is 1.56. The van der Waals surface area contributed by atoms with Crippen molar-refractivity contribution in [1.82, 2.24) is 4.57 Å². The molecule has 1 unspecified atom stereocenters. The Labute approximate surface area is 168 Å². The van der Waals surface area contributed by atoms with Crippen molar-refractivity contribution >= 4 is 59.0 Å². The van der Waals surface area contributed by atoms with E-state index in [1.807, 2.05) is 12.1 Å². The van der Waals surface area contributed by atoms with E-state index in [0.29, 0.717) is 16.2 Å². The van der Waals surface area contributed by atoms with Gasteiger partial charge in [0.05, 0.1) is 17.7 Å². The molecule has 0 amide bonds. The lowest BCUT2D eigenvalue weighted by molar-refractivity contribution is -0.142. The van der Waals surface area contributed by atoms with Crippen molar-refractivity contribution in [3.05, 3.63) is 32.6 Å². The highest BCUT2D eigenvalue weighted by Gasteiger charge is 2.26. The van der Waals surface area contributed by atoms with E-state index in [1.165, 1.54) is 0 Å². The Morgan fingerprint density at radius 1 is 1.39 bits per heavy atom. The van der Waals surface area contributed by atoms with Crippen LogP contribution in [0.2, 0.25) is 0 Å². The van der Waals surface area contributed by atoms with Crippen LogP contribution < -0.4 is 4.74 Å². The summed E-state index contributed by atoms with van der Waals surface area (Å²) in [5.41, 5.74) is 2.27. The van der Waals surface area contributed by atoms with Crippen molar-refractivity contribution < 1.29 is 29.6 Å². The van der Waals surface area contributed by atoms with Gasteiger partial charge < -0.3 is 20.1 Å². The van der Waals surface area contributed by atoms with Crippen LogP contribution in [-0.2, 0) is 9.59 Å². The number of carboxylic acid groups (broad SMARTS) is 2. The SMILES string of the molecule is COc1ccc2c(c1)C(=Cc1sc(=S)n(C(CCC(=O)O)C(=O)O)c1O)C=N2. The summed E-state index contributed by atoms with van der Waals surface area (Å²) < 4.78 is 6.45. The maximum atomic E-state index is 11.6. The van der Waals surface area contributed by atoms with Crippen LogP contribution >= 0.6 is 23.6 Å². The van der Waals surface area contributed by atoms with Crippen LogP contribution in [0.5, 0.6) is 11.6 Å². The minimum Gasteiger partial charge on any atom is -0.497 e. The number of hydrogen-bond acceptors (Lipinski definition) is 7. The van der Waals surface area contributed by atoms with Crippen LogP contribution in [0.1, 0.15) is 29.3 Å². The van der Waals surface area contributed by atoms with Gasteiger partial charge >= 0.3 is 11.9 Å². The highest BCUT2D eigenvalue weighted by molar-refractivity contribution is 7.73. The van der Waals surface area contributed by atoms with Gasteiger partial charge in [-0.2, -0.15) is 0 Å². The molecular weight excluding hydrogens is 404 g/mol. The Morgan fingerprint density at radius 3 is 2.79 bits per heavy atom. The summed E-state index contributed by atoms with van der Waals surface area (Å²) in [4.78, 5) is 27.1. The van der Waals surface area contributed by atoms with Gasteiger partial charge in [-0.05, 0) is 42.9 Å². The number of aromatic hydroxyl groups is 1. The van der Waals surface area contributed by atoms with Crippen LogP contribution in [0.15, 0.2) is 23.2 Å². The zero-order valence-corrected chi connectivity index (χ0v) is 16.3. The van der Waals surface area contributed by atoms with Crippen LogP contribution in [-0.4, -0.2) is 45.1 Å². The number of benzene rings is 1. The van der Waals surface area contributed by atoms with Crippen molar-refractivity contribution in [3.63, 3.8) is 0 Å². The first-order chi connectivity index (χ1) is 13.3. The first kappa shape index (κ1) is 19.8. The number of ether oxygens (including phenoxy) is 1. The molecule has 0 saturated heterocycles. The molecule has 0 radical (unpaired) electrons. The van der Waals surface area contributed by atoms with E-state index in [2.05, 4.69) is 4.99 Å². The third kappa shape index (κ3) is 3.82. The Hall–Kier alpha value is -2.98. The van der Waals surface area contributed by atoms with E-state index in [4.69, 9.17) is 22.1 Å². The monoisotopic (exact) mass is 420 g/mol. The number of methoxy groups -OCH3 is 1. The van der Waals surface area contributed by atoms with E-state index < -0.39 is 18.0 Å². The molecule has 0 saturated carbocycles. The predicted octanol–water partition coefficient (Wildman–Crippen LogP) is 3.74. The van der Waals surface area contributed by atoms with Crippen molar-refractivity contribution in [3.8, 4) is 11.6 Å². The second-order valence-electron chi connectivity index (χ2n) is 5.95. The van der Waals surface area contributed by atoms with E-state index in [9.17, 15) is 19.8 Å². The van der Waals surface area contributed by atoms with Gasteiger partial charge in [-0.15, -0.1) is 11.3 Å². The maximum Gasteiger partial charge on any atom is 0.326 e. The topological polar surface area (TPSA) is 121 Å². The molecule has 2 heterocycles. The molecule has 1 aliphatic rings. The van der Waals surface area contributed by atoms with Gasteiger partial charge in [0.15, 0.2) is 3.95 Å². The van der Waals surface area contributed by atoms with Crippen LogP contribution in [0.25, 0.3) is 11.6 Å². The molecule has 2 aromatic rings. The lowest BCUT2D eigenvalue weighted by atomic mass is 10.1. The molecule has 3 rings (SSSR count). The van der Waals surface area contributed by atoms with Crippen LogP contribution in [0.3, 0.4) is 0 Å². The fourth-order valence-corrected chi connectivity index (χ4v) is 4.20. The third-order valence-corrected chi connectivity index (χ3v) is 5.55. The first-order valence-electron chi connectivity index (χ1n) is 8.15. The van der Waals surface area contributed by atoms with E-state index in [0.717, 1.165) is 27.2 Å². The number of rotatable bonds is 7. The minimum atomic E-state index is -1.27. The number of hydrogen-bond donors (Lipinski definition) is 3. The smallest absolute Gasteiger partial charge is 0.326 e. The number of aromatic nitrogens is 1. The number of thiazole rings is 1. The highest BCUT2D eigenvalue weighted by atomic mass is 32.1. The standard InChI is InChI=1S/C18H16N2O6S2/c1-26-10-2-3-12-11(7-10)9(8-19-12)6-14-16(23)20(18(27)28-14)13(17(24)25)4-5-15(21)22/h2-3,6-8,13,23H,4-5H2,1H3,(H,21,22)(H,24,25). The fraction of sp³-hybridized carbons (Fsp3) is 0.222. The number of nitrogens with zero attached hydrogens (tertiary/aromatic N) is 2. The molecule has 1 aromatic heterocycles. The molecule has 0 fully saturated rings. The van der Waals surface area contributed by atoms with E-state index in [-0.39, 0.29) is 22.7 Å². The number of allylic oxidation sites excluding steroid dienone is 1. The molecule has 1 atom stereocenters. The number of aliphatic carboxylic acids is 2. The second kappa shape index (κ2) is 7.95. The number of aliphatic imine (C=N–C) groups is 1. The normalized spacial score (nSPS) is 14.8. The van der Waals surface area contributed by atoms with Crippen molar-refractivity contribution in [1.29, 1.82) is 0 Å². The molecule has 8 nitrogen and oxygen atoms in total. The molecule has 1 aliphatic heterocycles. The van der Waals surface area contributed by atoms with E-state index >= 15 is 0 Å². The van der Waals surface area contributed by atoms with Gasteiger partial charge in [0.2, 0.25) is 5.88 Å². The summed E-state index contributed by atoms with van der Waals surface area (Å²) in [5.74, 6) is -2.04. The summed E-state index contributed by atoms with van der Waals surface area (Å²) in [5, 5.41) is 28.9. The van der Waals surface area contributed by atoms with Gasteiger partial charge in [-0.3, -0.25) is 14.4 Å². The second-order valence-corrected chi connectivity index (χ2v) is 7.63. The van der Waals surface area contributed by atoms with Gasteiger partial charge in [0.1, 0.15) is 11.8 Å². The molecule has 28 heavy (non-hydrogen) atoms. The minimum absolute atomic E-state index is 0.142. The summed E-state index contributed by atoms with van der Waals surface area (Å²) >= 11 is 6.26. The molecule has 146 valence electrons. The summed E-state index contributed by atoms with van der Waals surface area (Å²) in [6.45, 7) is 0. The Bertz CT molecular complexity index is 1070. The Morgan fingerprint density at radius 2 is 2.14 bits per heavy atom. The zero-order chi connectivity index (χ0) is 20.4. The lowest BCUT2D eigenvalue weighted by Gasteiger charge is -2.14. The molecule has 0 bridgehead atoms. The average molecular weight is 420 g/mol. The Kier molecular flexibility index (Phi) is 5.61. The zero-order valence-electron chi connectivity index (χ0n) is 14.7. The summed E-state index contributed by atoms with van der Waals surface area (Å²) in [6.07, 6.45) is 2.75. The van der Waals surface area contributed by atoms with Gasteiger partial charge in [0, 0.05) is 23.8 Å². The first-order valence-corrected chi connectivity index (χ1v) is 9.37. The molecule has 10 heteroatoms. The van der Waals surface area contributed by atoms with Crippen LogP contribution in [0, 0.1) is 3.95 Å². The molecular formula is C18H16N2O6S2. The van der Waals surface area contributed by atoms with Crippen LogP contribution in [0.4, 0.5) is 5.69 Å². The number of carboxylic acids is 2. The Balaban J connectivity index is 2.01. The van der Waals surface area contributed by atoms with Gasteiger partial charge in [0.25, 0.3) is 0 Å². The van der Waals surface area contributed by atoms with Crippen molar-refractivity contribution in [2.45, 2.75) is 18.9 Å². The lowest BCUT2D eigenvalue weighted by Crippen LogP contribution is -2.20. The summed E-state index contributed by atoms with van der Waals surface area (Å²) in [6, 6.07) is 4.15. The highest BCUT2D eigenvalue weighted by Crippen LogP contribution is 2.39. The quantitative estimate of drug-likeness (QED) is 0.583. The predicted molar refractivity (Wildman–Crippen MR) is 107 cm³/mol. The third-order valence-electron chi connectivity index (χ3n) is 4.21. The molecule has 0 spiro atoms. The van der Waals surface area contributed by atoms with Gasteiger partial charge in [-0.25, -0.2) is 4.79 Å². The molecule has 3 N–H and O–H groups in total. The largest absolute Gasteiger partial charge is 0.497 e. The fourth-order valence-electron chi connectivity index (χ4n) is 2.84.